The molecule has 4 aromatic rings. The Balaban J connectivity index is 1.78. The fraction of sp³-hybridized carbons (Fsp3) is 0.103. The molecule has 184 valence electrons. The summed E-state index contributed by atoms with van der Waals surface area (Å²) in [5, 5.41) is 9.17. The maximum atomic E-state index is 13.8. The van der Waals surface area contributed by atoms with Crippen molar-refractivity contribution in [2.45, 2.75) is 13.0 Å². The molecule has 0 aliphatic carbocycles. The van der Waals surface area contributed by atoms with Gasteiger partial charge >= 0.3 is 11.9 Å². The molecule has 2 heterocycles. The minimum Gasteiger partial charge on any atom is -0.478 e. The number of aromatic nitrogens is 1. The first kappa shape index (κ1) is 24.1. The lowest BCUT2D eigenvalue weighted by Gasteiger charge is -2.25. The number of hydrogen-bond acceptors (Lipinski definition) is 6. The normalized spacial score (nSPS) is 15.2. The highest BCUT2D eigenvalue weighted by Crippen LogP contribution is 2.35. The van der Waals surface area contributed by atoms with Crippen LogP contribution in [0.25, 0.3) is 11.8 Å². The molecule has 0 saturated heterocycles. The first-order valence-electron chi connectivity index (χ1n) is 11.6. The van der Waals surface area contributed by atoms with Crippen LogP contribution in [0.3, 0.4) is 0 Å². The van der Waals surface area contributed by atoms with E-state index in [2.05, 4.69) is 0 Å². The van der Waals surface area contributed by atoms with Crippen LogP contribution in [0.15, 0.2) is 100 Å². The number of carbonyl (C=O) groups is 2. The Morgan fingerprint density at radius 3 is 2.27 bits per heavy atom. The van der Waals surface area contributed by atoms with Gasteiger partial charge in [0.15, 0.2) is 4.80 Å². The lowest BCUT2D eigenvalue weighted by molar-refractivity contribution is -0.138. The van der Waals surface area contributed by atoms with Gasteiger partial charge in [-0.25, -0.2) is 14.6 Å². The third-order valence-corrected chi connectivity index (χ3v) is 6.93. The van der Waals surface area contributed by atoms with E-state index in [0.717, 1.165) is 11.1 Å². The molecular weight excluding hydrogens is 488 g/mol. The molecule has 1 aliphatic rings. The van der Waals surface area contributed by atoms with Gasteiger partial charge in [0, 0.05) is 5.56 Å². The van der Waals surface area contributed by atoms with E-state index in [0.29, 0.717) is 26.2 Å². The second kappa shape index (κ2) is 10.2. The van der Waals surface area contributed by atoms with Gasteiger partial charge in [-0.2, -0.15) is 0 Å². The smallest absolute Gasteiger partial charge is 0.338 e. The number of fused-ring (bicyclic) bond motifs is 1. The second-order valence-electron chi connectivity index (χ2n) is 8.27. The number of nitrogens with zero attached hydrogens (tertiary/aromatic N) is 2. The Morgan fingerprint density at radius 1 is 1.00 bits per heavy atom. The summed E-state index contributed by atoms with van der Waals surface area (Å²) >= 11 is 1.22. The van der Waals surface area contributed by atoms with Crippen LogP contribution < -0.4 is 14.9 Å². The Morgan fingerprint density at radius 2 is 1.65 bits per heavy atom. The number of rotatable bonds is 6. The van der Waals surface area contributed by atoms with Crippen molar-refractivity contribution < 1.29 is 19.4 Å². The standard InChI is InChI=1S/C29H22N2O5S/c1-2-36-28(35)23-24(19-9-5-3-6-10-19)30-29-31(25(23)20-11-7-4-8-12-20)26(32)22(37-29)17-18-13-15-21(16-14-18)27(33)34/h3-17,25H,2H2,1H3,(H,33,34)/b22-17-/t25-/m1/s1. The van der Waals surface area contributed by atoms with E-state index in [-0.39, 0.29) is 17.7 Å². The zero-order chi connectivity index (χ0) is 25.9. The molecule has 1 atom stereocenters. The maximum absolute atomic E-state index is 13.8. The van der Waals surface area contributed by atoms with Crippen LogP contribution in [0.1, 0.15) is 40.0 Å². The molecule has 1 aliphatic heterocycles. The summed E-state index contributed by atoms with van der Waals surface area (Å²) in [5.41, 5.74) is 2.80. The molecule has 0 bridgehead atoms. The summed E-state index contributed by atoms with van der Waals surface area (Å²) < 4.78 is 7.40. The number of esters is 1. The molecule has 1 aromatic heterocycles. The molecule has 0 unspecified atom stereocenters. The van der Waals surface area contributed by atoms with Gasteiger partial charge in [0.05, 0.1) is 34.0 Å². The Labute approximate surface area is 215 Å². The van der Waals surface area contributed by atoms with Crippen molar-refractivity contribution in [2.75, 3.05) is 6.61 Å². The fourth-order valence-corrected chi connectivity index (χ4v) is 5.27. The summed E-state index contributed by atoms with van der Waals surface area (Å²) in [5.74, 6) is -1.55. The lowest BCUT2D eigenvalue weighted by atomic mass is 9.93. The summed E-state index contributed by atoms with van der Waals surface area (Å²) in [6.45, 7) is 1.92. The number of carboxylic acids is 1. The van der Waals surface area contributed by atoms with E-state index < -0.39 is 18.0 Å². The monoisotopic (exact) mass is 510 g/mol. The van der Waals surface area contributed by atoms with E-state index in [1.807, 2.05) is 60.7 Å². The quantitative estimate of drug-likeness (QED) is 0.400. The molecule has 0 saturated carbocycles. The number of carboxylic acid groups (broad SMARTS) is 1. The van der Waals surface area contributed by atoms with Gasteiger partial charge in [-0.05, 0) is 36.3 Å². The topological polar surface area (TPSA) is 98.0 Å². The fourth-order valence-electron chi connectivity index (χ4n) is 4.26. The number of aromatic carboxylic acids is 1. The molecule has 8 heteroatoms. The largest absolute Gasteiger partial charge is 0.478 e. The minimum atomic E-state index is -1.02. The highest BCUT2D eigenvalue weighted by molar-refractivity contribution is 7.07. The SMILES string of the molecule is CCOC(=O)C1=C(c2ccccc2)N=c2s/c(=C\c3ccc(C(=O)O)cc3)c(=O)n2[C@@H]1c1ccccc1. The van der Waals surface area contributed by atoms with Crippen molar-refractivity contribution in [3.63, 3.8) is 0 Å². The summed E-state index contributed by atoms with van der Waals surface area (Å²) in [4.78, 5) is 43.6. The number of thiazole rings is 1. The molecular formula is C29H22N2O5S. The van der Waals surface area contributed by atoms with Crippen LogP contribution >= 0.6 is 11.3 Å². The summed E-state index contributed by atoms with van der Waals surface area (Å²) in [7, 11) is 0. The van der Waals surface area contributed by atoms with Crippen molar-refractivity contribution >= 4 is 35.0 Å². The molecule has 3 aromatic carbocycles. The van der Waals surface area contributed by atoms with E-state index in [4.69, 9.17) is 14.8 Å². The average molecular weight is 511 g/mol. The van der Waals surface area contributed by atoms with E-state index >= 15 is 0 Å². The van der Waals surface area contributed by atoms with Crippen molar-refractivity contribution in [3.8, 4) is 0 Å². The Kier molecular flexibility index (Phi) is 6.66. The van der Waals surface area contributed by atoms with Crippen molar-refractivity contribution in [3.05, 3.63) is 132 Å². The highest BCUT2D eigenvalue weighted by Gasteiger charge is 2.35. The predicted octanol–water partition coefficient (Wildman–Crippen LogP) is 3.63. The van der Waals surface area contributed by atoms with E-state index in [1.54, 1.807) is 25.1 Å². The number of carbonyl (C=O) groups excluding carboxylic acids is 1. The molecule has 37 heavy (non-hydrogen) atoms. The average Bonchev–Trinajstić information content (AvgIpc) is 3.23. The van der Waals surface area contributed by atoms with Gasteiger partial charge in [-0.15, -0.1) is 0 Å². The minimum absolute atomic E-state index is 0.161. The van der Waals surface area contributed by atoms with Gasteiger partial charge < -0.3 is 9.84 Å². The Hall–Kier alpha value is -4.56. The third kappa shape index (κ3) is 4.66. The van der Waals surface area contributed by atoms with Crippen molar-refractivity contribution in [1.29, 1.82) is 0 Å². The van der Waals surface area contributed by atoms with Gasteiger partial charge in [-0.3, -0.25) is 9.36 Å². The molecule has 0 amide bonds. The molecule has 0 spiro atoms. The molecule has 5 rings (SSSR count). The van der Waals surface area contributed by atoms with Gasteiger partial charge in [0.25, 0.3) is 5.56 Å². The second-order valence-corrected chi connectivity index (χ2v) is 9.28. The van der Waals surface area contributed by atoms with E-state index in [1.165, 1.54) is 28.0 Å². The van der Waals surface area contributed by atoms with Crippen LogP contribution in [0.4, 0.5) is 0 Å². The number of hydrogen-bond donors (Lipinski definition) is 1. The summed E-state index contributed by atoms with van der Waals surface area (Å²) in [6.07, 6.45) is 1.70. The van der Waals surface area contributed by atoms with Crippen LogP contribution in [0.2, 0.25) is 0 Å². The highest BCUT2D eigenvalue weighted by atomic mass is 32.1. The van der Waals surface area contributed by atoms with Crippen molar-refractivity contribution in [1.82, 2.24) is 4.57 Å². The predicted molar refractivity (Wildman–Crippen MR) is 141 cm³/mol. The van der Waals surface area contributed by atoms with Crippen molar-refractivity contribution in [2.24, 2.45) is 4.99 Å². The van der Waals surface area contributed by atoms with Gasteiger partial charge in [-0.1, -0.05) is 84.1 Å². The Bertz CT molecular complexity index is 1690. The zero-order valence-electron chi connectivity index (χ0n) is 19.8. The first-order chi connectivity index (χ1) is 18.0. The number of benzene rings is 3. The molecule has 7 nitrogen and oxygen atoms in total. The zero-order valence-corrected chi connectivity index (χ0v) is 20.6. The van der Waals surface area contributed by atoms with Gasteiger partial charge in [0.2, 0.25) is 0 Å². The van der Waals surface area contributed by atoms with Crippen LogP contribution in [0.5, 0.6) is 0 Å². The first-order valence-corrected chi connectivity index (χ1v) is 12.5. The maximum Gasteiger partial charge on any atom is 0.338 e. The van der Waals surface area contributed by atoms with Crippen LogP contribution in [0, 0.1) is 0 Å². The van der Waals surface area contributed by atoms with E-state index in [9.17, 15) is 14.4 Å². The molecule has 1 N–H and O–H groups in total. The third-order valence-electron chi connectivity index (χ3n) is 5.94. The number of ether oxygens (including phenoxy) is 1. The lowest BCUT2D eigenvalue weighted by Crippen LogP contribution is -2.39. The van der Waals surface area contributed by atoms with Crippen LogP contribution in [-0.2, 0) is 9.53 Å². The summed E-state index contributed by atoms with van der Waals surface area (Å²) in [6, 6.07) is 24.3. The van der Waals surface area contributed by atoms with Gasteiger partial charge in [0.1, 0.15) is 0 Å². The van der Waals surface area contributed by atoms with Crippen LogP contribution in [-0.4, -0.2) is 28.2 Å². The molecule has 0 fully saturated rings. The molecule has 0 radical (unpaired) electrons.